The van der Waals surface area contributed by atoms with Crippen molar-refractivity contribution in [2.45, 2.75) is 0 Å². The highest BCUT2D eigenvalue weighted by molar-refractivity contribution is 6.31. The molecule has 0 amide bonds. The molecule has 6 nitrogen and oxygen atoms in total. The number of benzene rings is 2. The van der Waals surface area contributed by atoms with Crippen LogP contribution in [0, 0.1) is 0 Å². The SMILES string of the molecule is CNc1nc(=O)n(-c2ccc3c(c2)ncn3C)c2cc(Cl)ccc12. The summed E-state index contributed by atoms with van der Waals surface area (Å²) in [6.45, 7) is 0. The van der Waals surface area contributed by atoms with Crippen molar-refractivity contribution >= 4 is 39.4 Å². The summed E-state index contributed by atoms with van der Waals surface area (Å²) in [7, 11) is 3.67. The van der Waals surface area contributed by atoms with Gasteiger partial charge in [-0.05, 0) is 36.4 Å². The largest absolute Gasteiger partial charge is 0.372 e. The van der Waals surface area contributed by atoms with Gasteiger partial charge in [-0.1, -0.05) is 11.6 Å². The van der Waals surface area contributed by atoms with E-state index in [1.807, 2.05) is 35.9 Å². The fraction of sp³-hybridized carbons (Fsp3) is 0.118. The van der Waals surface area contributed by atoms with Gasteiger partial charge in [0.1, 0.15) is 5.82 Å². The lowest BCUT2D eigenvalue weighted by Crippen LogP contribution is -2.23. The smallest absolute Gasteiger partial charge is 0.354 e. The third-order valence-corrected chi connectivity index (χ3v) is 4.29. The lowest BCUT2D eigenvalue weighted by atomic mass is 10.2. The standard InChI is InChI=1S/C17H14ClN5O/c1-19-16-12-5-3-10(18)7-15(12)23(17(24)21-16)11-4-6-14-13(8-11)20-9-22(14)2/h3-9H,1-2H3,(H,19,21,24). The molecule has 2 aromatic carbocycles. The minimum atomic E-state index is -0.371. The summed E-state index contributed by atoms with van der Waals surface area (Å²) in [6, 6.07) is 11.1. The number of aromatic nitrogens is 4. The molecule has 24 heavy (non-hydrogen) atoms. The molecule has 0 fully saturated rings. The Labute approximate surface area is 142 Å². The minimum Gasteiger partial charge on any atom is -0.372 e. The van der Waals surface area contributed by atoms with Gasteiger partial charge in [-0.3, -0.25) is 4.57 Å². The number of anilines is 1. The maximum Gasteiger partial charge on any atom is 0.354 e. The van der Waals surface area contributed by atoms with Crippen LogP contribution in [0.25, 0.3) is 27.6 Å². The Morgan fingerprint density at radius 3 is 2.75 bits per heavy atom. The Morgan fingerprint density at radius 2 is 1.96 bits per heavy atom. The van der Waals surface area contributed by atoms with Crippen molar-refractivity contribution in [3.8, 4) is 5.69 Å². The van der Waals surface area contributed by atoms with Crippen molar-refractivity contribution in [3.63, 3.8) is 0 Å². The zero-order valence-corrected chi connectivity index (χ0v) is 13.9. The average Bonchev–Trinajstić information content (AvgIpc) is 2.94. The van der Waals surface area contributed by atoms with E-state index in [-0.39, 0.29) is 5.69 Å². The van der Waals surface area contributed by atoms with E-state index < -0.39 is 0 Å². The van der Waals surface area contributed by atoms with Crippen molar-refractivity contribution < 1.29 is 0 Å². The number of hydrogen-bond donors (Lipinski definition) is 1. The molecule has 0 bridgehead atoms. The van der Waals surface area contributed by atoms with Gasteiger partial charge in [0, 0.05) is 24.5 Å². The molecule has 0 aliphatic heterocycles. The number of nitrogens with zero attached hydrogens (tertiary/aromatic N) is 4. The topological polar surface area (TPSA) is 64.7 Å². The number of halogens is 1. The number of imidazole rings is 1. The summed E-state index contributed by atoms with van der Waals surface area (Å²) >= 11 is 6.15. The molecule has 2 heterocycles. The highest BCUT2D eigenvalue weighted by Crippen LogP contribution is 2.26. The van der Waals surface area contributed by atoms with Gasteiger partial charge in [-0.15, -0.1) is 0 Å². The van der Waals surface area contributed by atoms with Crippen LogP contribution in [0.1, 0.15) is 0 Å². The van der Waals surface area contributed by atoms with Crippen LogP contribution < -0.4 is 11.0 Å². The fourth-order valence-corrected chi connectivity index (χ4v) is 3.07. The molecule has 0 saturated carbocycles. The van der Waals surface area contributed by atoms with E-state index in [1.165, 1.54) is 0 Å². The van der Waals surface area contributed by atoms with Crippen LogP contribution in [-0.4, -0.2) is 26.1 Å². The third kappa shape index (κ3) is 2.15. The summed E-state index contributed by atoms with van der Waals surface area (Å²) in [6.07, 6.45) is 1.74. The first-order valence-corrected chi connectivity index (χ1v) is 7.78. The number of hydrogen-bond acceptors (Lipinski definition) is 4. The molecule has 4 aromatic rings. The van der Waals surface area contributed by atoms with Crippen molar-refractivity contribution in [3.05, 3.63) is 58.2 Å². The molecule has 0 aliphatic rings. The molecular formula is C17H14ClN5O. The van der Waals surface area contributed by atoms with E-state index >= 15 is 0 Å². The Hall–Kier alpha value is -2.86. The van der Waals surface area contributed by atoms with E-state index in [4.69, 9.17) is 11.6 Å². The monoisotopic (exact) mass is 339 g/mol. The van der Waals surface area contributed by atoms with Crippen LogP contribution in [0.3, 0.4) is 0 Å². The number of nitrogens with one attached hydrogen (secondary N) is 1. The van der Waals surface area contributed by atoms with E-state index in [1.54, 1.807) is 30.1 Å². The second-order valence-electron chi connectivity index (χ2n) is 5.52. The predicted molar refractivity (Wildman–Crippen MR) is 96.2 cm³/mol. The Morgan fingerprint density at radius 1 is 1.12 bits per heavy atom. The number of rotatable bonds is 2. The Bertz CT molecular complexity index is 1150. The van der Waals surface area contributed by atoms with E-state index in [0.29, 0.717) is 22.0 Å². The van der Waals surface area contributed by atoms with E-state index in [9.17, 15) is 4.79 Å². The summed E-state index contributed by atoms with van der Waals surface area (Å²) in [5.74, 6) is 0.529. The third-order valence-electron chi connectivity index (χ3n) is 4.06. The highest BCUT2D eigenvalue weighted by atomic mass is 35.5. The van der Waals surface area contributed by atoms with Crippen LogP contribution in [0.4, 0.5) is 5.82 Å². The number of aryl methyl sites for hydroxylation is 1. The average molecular weight is 340 g/mol. The van der Waals surface area contributed by atoms with Crippen molar-refractivity contribution in [1.82, 2.24) is 19.1 Å². The normalized spacial score (nSPS) is 11.3. The molecule has 7 heteroatoms. The lowest BCUT2D eigenvalue weighted by molar-refractivity contribution is 0.946. The molecule has 1 N–H and O–H groups in total. The van der Waals surface area contributed by atoms with Gasteiger partial charge in [0.15, 0.2) is 0 Å². The van der Waals surface area contributed by atoms with Crippen molar-refractivity contribution in [2.24, 2.45) is 7.05 Å². The predicted octanol–water partition coefficient (Wildman–Crippen LogP) is 2.97. The first kappa shape index (κ1) is 14.7. The van der Waals surface area contributed by atoms with Crippen molar-refractivity contribution in [2.75, 3.05) is 12.4 Å². The van der Waals surface area contributed by atoms with E-state index in [0.717, 1.165) is 16.4 Å². The molecule has 0 spiro atoms. The minimum absolute atomic E-state index is 0.371. The van der Waals surface area contributed by atoms with Gasteiger partial charge < -0.3 is 9.88 Å². The van der Waals surface area contributed by atoms with Gasteiger partial charge in [0.05, 0.1) is 28.6 Å². The summed E-state index contributed by atoms with van der Waals surface area (Å²) in [4.78, 5) is 21.1. The van der Waals surface area contributed by atoms with Crippen LogP contribution in [0.2, 0.25) is 5.02 Å². The molecule has 0 radical (unpaired) electrons. The highest BCUT2D eigenvalue weighted by Gasteiger charge is 2.13. The first-order chi connectivity index (χ1) is 11.6. The molecular weight excluding hydrogens is 326 g/mol. The van der Waals surface area contributed by atoms with Crippen LogP contribution >= 0.6 is 11.6 Å². The van der Waals surface area contributed by atoms with E-state index in [2.05, 4.69) is 15.3 Å². The fourth-order valence-electron chi connectivity index (χ4n) is 2.90. The maximum atomic E-state index is 12.6. The first-order valence-electron chi connectivity index (χ1n) is 7.40. The zero-order chi connectivity index (χ0) is 16.8. The molecule has 0 saturated heterocycles. The second-order valence-corrected chi connectivity index (χ2v) is 5.95. The summed E-state index contributed by atoms with van der Waals surface area (Å²) in [5, 5.41) is 4.34. The molecule has 0 unspecified atom stereocenters. The Balaban J connectivity index is 2.09. The zero-order valence-electron chi connectivity index (χ0n) is 13.1. The Kier molecular flexibility index (Phi) is 3.28. The van der Waals surface area contributed by atoms with Gasteiger partial charge >= 0.3 is 5.69 Å². The summed E-state index contributed by atoms with van der Waals surface area (Å²) < 4.78 is 3.48. The lowest BCUT2D eigenvalue weighted by Gasteiger charge is -2.13. The molecule has 120 valence electrons. The molecule has 0 aliphatic carbocycles. The van der Waals surface area contributed by atoms with Gasteiger partial charge in [-0.25, -0.2) is 9.78 Å². The van der Waals surface area contributed by atoms with Crippen LogP contribution in [0.5, 0.6) is 0 Å². The second kappa shape index (κ2) is 5.35. The maximum absolute atomic E-state index is 12.6. The van der Waals surface area contributed by atoms with Crippen LogP contribution in [0.15, 0.2) is 47.5 Å². The van der Waals surface area contributed by atoms with Gasteiger partial charge in [0.25, 0.3) is 0 Å². The quantitative estimate of drug-likeness (QED) is 0.610. The molecule has 4 rings (SSSR count). The van der Waals surface area contributed by atoms with Crippen LogP contribution in [-0.2, 0) is 7.05 Å². The number of fused-ring (bicyclic) bond motifs is 2. The molecule has 0 atom stereocenters. The van der Waals surface area contributed by atoms with Crippen molar-refractivity contribution in [1.29, 1.82) is 0 Å². The summed E-state index contributed by atoms with van der Waals surface area (Å²) in [5.41, 5.74) is 2.84. The van der Waals surface area contributed by atoms with Gasteiger partial charge in [0.2, 0.25) is 0 Å². The molecule has 2 aromatic heterocycles. The van der Waals surface area contributed by atoms with Gasteiger partial charge in [-0.2, -0.15) is 4.98 Å².